The second-order valence-electron chi connectivity index (χ2n) is 6.37. The first-order chi connectivity index (χ1) is 9.76. The maximum absolute atomic E-state index is 4.39. The zero-order chi connectivity index (χ0) is 14.4. The molecule has 2 fully saturated rings. The average Bonchev–Trinajstić information content (AvgIpc) is 3.19. The molecule has 0 spiro atoms. The first-order valence-electron chi connectivity index (χ1n) is 8.49. The highest BCUT2D eigenvalue weighted by molar-refractivity contribution is 14.0. The summed E-state index contributed by atoms with van der Waals surface area (Å²) in [6.45, 7) is 8.24. The van der Waals surface area contributed by atoms with E-state index < -0.39 is 0 Å². The van der Waals surface area contributed by atoms with Crippen LogP contribution in [0.2, 0.25) is 0 Å². The summed E-state index contributed by atoms with van der Waals surface area (Å²) in [6.07, 6.45) is 7.72. The van der Waals surface area contributed by atoms with Gasteiger partial charge in [0.1, 0.15) is 0 Å². The largest absolute Gasteiger partial charge is 0.354 e. The fourth-order valence-corrected chi connectivity index (χ4v) is 3.27. The Bertz CT molecular complexity index is 313. The molecule has 0 aromatic heterocycles. The molecule has 2 N–H and O–H groups in total. The Hall–Kier alpha value is -0.0400. The van der Waals surface area contributed by atoms with Crippen molar-refractivity contribution in [2.24, 2.45) is 10.9 Å². The summed E-state index contributed by atoms with van der Waals surface area (Å²) >= 11 is 0. The van der Waals surface area contributed by atoms with E-state index in [9.17, 15) is 0 Å². The van der Waals surface area contributed by atoms with Crippen LogP contribution in [0, 0.1) is 5.92 Å². The molecule has 1 heterocycles. The van der Waals surface area contributed by atoms with E-state index in [-0.39, 0.29) is 24.0 Å². The third kappa shape index (κ3) is 6.30. The summed E-state index contributed by atoms with van der Waals surface area (Å²) in [4.78, 5) is 6.97. The second kappa shape index (κ2) is 9.87. The average molecular weight is 408 g/mol. The molecule has 0 bridgehead atoms. The third-order valence-corrected chi connectivity index (χ3v) is 4.60. The Morgan fingerprint density at radius 2 is 1.86 bits per heavy atom. The smallest absolute Gasteiger partial charge is 0.191 e. The molecular formula is C16H33IN4. The van der Waals surface area contributed by atoms with Crippen LogP contribution in [0.25, 0.3) is 0 Å². The van der Waals surface area contributed by atoms with E-state index in [1.54, 1.807) is 0 Å². The predicted molar refractivity (Wildman–Crippen MR) is 102 cm³/mol. The number of halogens is 1. The van der Waals surface area contributed by atoms with E-state index in [0.29, 0.717) is 12.1 Å². The van der Waals surface area contributed by atoms with Crippen LogP contribution in [0.4, 0.5) is 0 Å². The highest BCUT2D eigenvalue weighted by Crippen LogP contribution is 2.34. The number of rotatable bonds is 6. The van der Waals surface area contributed by atoms with Crippen molar-refractivity contribution in [2.75, 3.05) is 26.7 Å². The summed E-state index contributed by atoms with van der Waals surface area (Å²) in [7, 11) is 1.89. The molecule has 1 aliphatic carbocycles. The second-order valence-corrected chi connectivity index (χ2v) is 6.37. The minimum atomic E-state index is 0. The van der Waals surface area contributed by atoms with Crippen molar-refractivity contribution < 1.29 is 0 Å². The lowest BCUT2D eigenvalue weighted by Gasteiger charge is -2.32. The normalized spacial score (nSPS) is 27.1. The zero-order valence-electron chi connectivity index (χ0n) is 13.9. The Morgan fingerprint density at radius 1 is 1.14 bits per heavy atom. The van der Waals surface area contributed by atoms with E-state index in [1.165, 1.54) is 58.2 Å². The van der Waals surface area contributed by atoms with Gasteiger partial charge in [-0.2, -0.15) is 0 Å². The molecule has 5 heteroatoms. The van der Waals surface area contributed by atoms with Gasteiger partial charge in [0.15, 0.2) is 5.96 Å². The maximum Gasteiger partial charge on any atom is 0.191 e. The van der Waals surface area contributed by atoms with Gasteiger partial charge in [0, 0.05) is 32.2 Å². The summed E-state index contributed by atoms with van der Waals surface area (Å²) in [5.41, 5.74) is 0. The van der Waals surface area contributed by atoms with Crippen LogP contribution in [-0.4, -0.2) is 49.6 Å². The molecule has 21 heavy (non-hydrogen) atoms. The molecule has 2 atom stereocenters. The van der Waals surface area contributed by atoms with Gasteiger partial charge in [-0.1, -0.05) is 20.3 Å². The lowest BCUT2D eigenvalue weighted by atomic mass is 10.1. The molecule has 0 radical (unpaired) electrons. The van der Waals surface area contributed by atoms with Crippen molar-refractivity contribution in [3.8, 4) is 0 Å². The molecule has 1 saturated carbocycles. The van der Waals surface area contributed by atoms with Gasteiger partial charge in [-0.25, -0.2) is 0 Å². The van der Waals surface area contributed by atoms with E-state index >= 15 is 0 Å². The molecule has 4 nitrogen and oxygen atoms in total. The van der Waals surface area contributed by atoms with E-state index in [4.69, 9.17) is 0 Å². The molecule has 2 unspecified atom stereocenters. The first kappa shape index (κ1) is 19.0. The number of aliphatic imine (C=N–C) groups is 1. The SMILES string of the molecule is CCCC1CC1NC(=NC)NC1CCN(CCC)CC1.I. The van der Waals surface area contributed by atoms with E-state index in [1.807, 2.05) is 7.05 Å². The van der Waals surface area contributed by atoms with Crippen molar-refractivity contribution >= 4 is 29.9 Å². The van der Waals surface area contributed by atoms with Crippen molar-refractivity contribution in [2.45, 2.75) is 64.5 Å². The number of piperidine rings is 1. The van der Waals surface area contributed by atoms with Gasteiger partial charge in [-0.3, -0.25) is 4.99 Å². The summed E-state index contributed by atoms with van der Waals surface area (Å²) in [5, 5.41) is 7.20. The summed E-state index contributed by atoms with van der Waals surface area (Å²) in [5.74, 6) is 1.90. The van der Waals surface area contributed by atoms with Gasteiger partial charge >= 0.3 is 0 Å². The van der Waals surface area contributed by atoms with E-state index in [2.05, 4.69) is 34.4 Å². The zero-order valence-corrected chi connectivity index (χ0v) is 16.2. The number of guanidine groups is 1. The number of hydrogen-bond acceptors (Lipinski definition) is 2. The highest BCUT2D eigenvalue weighted by atomic mass is 127. The fraction of sp³-hybridized carbons (Fsp3) is 0.938. The van der Waals surface area contributed by atoms with Crippen molar-refractivity contribution in [1.82, 2.24) is 15.5 Å². The summed E-state index contributed by atoms with van der Waals surface area (Å²) < 4.78 is 0. The topological polar surface area (TPSA) is 39.7 Å². The van der Waals surface area contributed by atoms with Crippen molar-refractivity contribution in [3.05, 3.63) is 0 Å². The van der Waals surface area contributed by atoms with Crippen LogP contribution in [-0.2, 0) is 0 Å². The maximum atomic E-state index is 4.39. The quantitative estimate of drug-likeness (QED) is 0.404. The Labute approximate surface area is 147 Å². The van der Waals surface area contributed by atoms with Crippen LogP contribution in [0.1, 0.15) is 52.4 Å². The lowest BCUT2D eigenvalue weighted by molar-refractivity contribution is 0.206. The first-order valence-corrected chi connectivity index (χ1v) is 8.49. The molecule has 1 saturated heterocycles. The van der Waals surface area contributed by atoms with Crippen LogP contribution in [0.15, 0.2) is 4.99 Å². The van der Waals surface area contributed by atoms with Gasteiger partial charge in [0.2, 0.25) is 0 Å². The summed E-state index contributed by atoms with van der Waals surface area (Å²) in [6, 6.07) is 1.26. The minimum Gasteiger partial charge on any atom is -0.354 e. The number of hydrogen-bond donors (Lipinski definition) is 2. The minimum absolute atomic E-state index is 0. The van der Waals surface area contributed by atoms with Gasteiger partial charge in [0.05, 0.1) is 0 Å². The van der Waals surface area contributed by atoms with Crippen LogP contribution in [0.5, 0.6) is 0 Å². The van der Waals surface area contributed by atoms with Crippen molar-refractivity contribution in [3.63, 3.8) is 0 Å². The molecule has 124 valence electrons. The van der Waals surface area contributed by atoms with Crippen LogP contribution in [0.3, 0.4) is 0 Å². The molecular weight excluding hydrogens is 375 g/mol. The molecule has 2 aliphatic rings. The van der Waals surface area contributed by atoms with Gasteiger partial charge in [-0.15, -0.1) is 24.0 Å². The molecule has 0 amide bonds. The highest BCUT2D eigenvalue weighted by Gasteiger charge is 2.36. The molecule has 0 aromatic rings. The van der Waals surface area contributed by atoms with E-state index in [0.717, 1.165) is 11.9 Å². The molecule has 0 aromatic carbocycles. The number of likely N-dealkylation sites (tertiary alicyclic amines) is 1. The number of nitrogens with one attached hydrogen (secondary N) is 2. The monoisotopic (exact) mass is 408 g/mol. The fourth-order valence-electron chi connectivity index (χ4n) is 3.27. The number of nitrogens with zero attached hydrogens (tertiary/aromatic N) is 2. The lowest BCUT2D eigenvalue weighted by Crippen LogP contribution is -2.49. The Balaban J connectivity index is 0.00000220. The van der Waals surface area contributed by atoms with Gasteiger partial charge in [0.25, 0.3) is 0 Å². The van der Waals surface area contributed by atoms with Crippen molar-refractivity contribution in [1.29, 1.82) is 0 Å². The van der Waals surface area contributed by atoms with Crippen LogP contribution < -0.4 is 10.6 Å². The van der Waals surface area contributed by atoms with Crippen LogP contribution >= 0.6 is 24.0 Å². The van der Waals surface area contributed by atoms with Gasteiger partial charge in [-0.05, 0) is 44.6 Å². The molecule has 2 rings (SSSR count). The Kier molecular flexibility index (Phi) is 8.94. The Morgan fingerprint density at radius 3 is 2.43 bits per heavy atom. The van der Waals surface area contributed by atoms with Gasteiger partial charge < -0.3 is 15.5 Å². The third-order valence-electron chi connectivity index (χ3n) is 4.60. The predicted octanol–water partition coefficient (Wildman–Crippen LogP) is 2.83. The molecule has 1 aliphatic heterocycles. The standard InChI is InChI=1S/C16H32N4.HI/c1-4-6-13-12-15(13)19-16(17-3)18-14-7-10-20(9-5-2)11-8-14;/h13-15H,4-12H2,1-3H3,(H2,17,18,19);1H.